The molecule has 1 aromatic rings. The summed E-state index contributed by atoms with van der Waals surface area (Å²) in [7, 11) is 0. The van der Waals surface area contributed by atoms with Crippen LogP contribution in [0.3, 0.4) is 0 Å². The summed E-state index contributed by atoms with van der Waals surface area (Å²) in [5.41, 5.74) is 0.510. The second kappa shape index (κ2) is 9.18. The van der Waals surface area contributed by atoms with E-state index < -0.39 is 5.60 Å². The number of hydrogen-bond donors (Lipinski definition) is 0. The number of rotatable bonds is 6. The highest BCUT2D eigenvalue weighted by molar-refractivity contribution is 5.68. The molecule has 1 amide bonds. The minimum Gasteiger partial charge on any atom is -0.444 e. The molecule has 1 aliphatic heterocycles. The van der Waals surface area contributed by atoms with Crippen LogP contribution in [0.2, 0.25) is 0 Å². The van der Waals surface area contributed by atoms with Crippen molar-refractivity contribution in [3.8, 4) is 0 Å². The molecule has 1 aromatic heterocycles. The van der Waals surface area contributed by atoms with E-state index in [1.807, 2.05) is 50.8 Å². The lowest BCUT2D eigenvalue weighted by Crippen LogP contribution is -2.46. The van der Waals surface area contributed by atoms with E-state index in [1.54, 1.807) is 6.20 Å². The molecule has 2 atom stereocenters. The topological polar surface area (TPSA) is 51.7 Å². The summed E-state index contributed by atoms with van der Waals surface area (Å²) >= 11 is 0. The highest BCUT2D eigenvalue weighted by Gasteiger charge is 2.30. The van der Waals surface area contributed by atoms with Crippen LogP contribution in [-0.2, 0) is 9.47 Å². The Kier molecular flexibility index (Phi) is 7.24. The molecule has 0 aliphatic carbocycles. The number of aromatic nitrogens is 1. The van der Waals surface area contributed by atoms with Gasteiger partial charge in [-0.05, 0) is 71.9 Å². The second-order valence-electron chi connectivity index (χ2n) is 7.73. The quantitative estimate of drug-likeness (QED) is 0.698. The van der Waals surface area contributed by atoms with Gasteiger partial charge in [0, 0.05) is 25.4 Å². The largest absolute Gasteiger partial charge is 0.444 e. The van der Waals surface area contributed by atoms with E-state index in [0.717, 1.165) is 37.9 Å². The molecule has 2 unspecified atom stereocenters. The van der Waals surface area contributed by atoms with Gasteiger partial charge in [-0.3, -0.25) is 4.98 Å². The first kappa shape index (κ1) is 19.7. The fourth-order valence-corrected chi connectivity index (χ4v) is 3.14. The lowest BCUT2D eigenvalue weighted by Gasteiger charge is -2.37. The smallest absolute Gasteiger partial charge is 0.410 e. The van der Waals surface area contributed by atoms with Crippen molar-refractivity contribution in [1.82, 2.24) is 9.88 Å². The van der Waals surface area contributed by atoms with Crippen LogP contribution in [-0.4, -0.2) is 40.8 Å². The highest BCUT2D eigenvalue weighted by Crippen LogP contribution is 2.24. The molecule has 0 N–H and O–H groups in total. The molecule has 0 saturated carbocycles. The summed E-state index contributed by atoms with van der Waals surface area (Å²) in [6, 6.07) is 6.13. The van der Waals surface area contributed by atoms with Crippen LogP contribution in [0.4, 0.5) is 4.79 Å². The van der Waals surface area contributed by atoms with E-state index in [0.29, 0.717) is 6.61 Å². The number of amides is 1. The maximum absolute atomic E-state index is 12.4. The van der Waals surface area contributed by atoms with E-state index in [4.69, 9.17) is 9.47 Å². The van der Waals surface area contributed by atoms with Crippen LogP contribution in [0, 0.1) is 0 Å². The average molecular weight is 348 g/mol. The zero-order chi connectivity index (χ0) is 18.3. The lowest BCUT2D eigenvalue weighted by molar-refractivity contribution is 0.00581. The number of likely N-dealkylation sites (tertiary alicyclic amines) is 1. The van der Waals surface area contributed by atoms with Crippen molar-refractivity contribution in [2.45, 2.75) is 77.5 Å². The van der Waals surface area contributed by atoms with E-state index in [-0.39, 0.29) is 18.2 Å². The van der Waals surface area contributed by atoms with Gasteiger partial charge in [0.1, 0.15) is 5.60 Å². The van der Waals surface area contributed by atoms with Crippen molar-refractivity contribution < 1.29 is 14.3 Å². The predicted octanol–water partition coefficient (Wildman–Crippen LogP) is 4.73. The van der Waals surface area contributed by atoms with E-state index in [9.17, 15) is 4.79 Å². The molecule has 2 rings (SSSR count). The summed E-state index contributed by atoms with van der Waals surface area (Å²) in [6.45, 7) is 9.24. The second-order valence-corrected chi connectivity index (χ2v) is 7.73. The number of ether oxygens (including phenoxy) is 2. The standard InChI is InChI=1S/C20H32N2O3/c1-16(18-12-5-7-13-21-18)24-15-9-11-17-10-6-8-14-22(17)19(23)25-20(2,3)4/h5,7,12-13,16-17H,6,8-11,14-15H2,1-4H3. The van der Waals surface area contributed by atoms with Crippen LogP contribution >= 0.6 is 0 Å². The third-order valence-electron chi connectivity index (χ3n) is 4.41. The molecule has 0 bridgehead atoms. The Bertz CT molecular complexity index is 527. The van der Waals surface area contributed by atoms with Gasteiger partial charge in [0.25, 0.3) is 0 Å². The van der Waals surface area contributed by atoms with Crippen LogP contribution in [0.25, 0.3) is 0 Å². The zero-order valence-electron chi connectivity index (χ0n) is 16.0. The van der Waals surface area contributed by atoms with Crippen LogP contribution < -0.4 is 0 Å². The number of carbonyl (C=O) groups is 1. The molecule has 0 spiro atoms. The van der Waals surface area contributed by atoms with E-state index >= 15 is 0 Å². The van der Waals surface area contributed by atoms with Crippen molar-refractivity contribution in [1.29, 1.82) is 0 Å². The van der Waals surface area contributed by atoms with Crippen LogP contribution in [0.1, 0.15) is 71.6 Å². The lowest BCUT2D eigenvalue weighted by atomic mass is 9.98. The minimum absolute atomic E-state index is 0.00508. The van der Waals surface area contributed by atoms with Crippen molar-refractivity contribution in [3.63, 3.8) is 0 Å². The average Bonchev–Trinajstić information content (AvgIpc) is 2.58. The molecule has 1 saturated heterocycles. The molecule has 5 heteroatoms. The Balaban J connectivity index is 1.77. The normalized spacial score (nSPS) is 19.5. The molecular weight excluding hydrogens is 316 g/mol. The summed E-state index contributed by atoms with van der Waals surface area (Å²) in [5, 5.41) is 0. The number of hydrogen-bond acceptors (Lipinski definition) is 4. The number of carbonyl (C=O) groups excluding carboxylic acids is 1. The summed E-state index contributed by atoms with van der Waals surface area (Å²) in [5.74, 6) is 0. The third-order valence-corrected chi connectivity index (χ3v) is 4.41. The van der Waals surface area contributed by atoms with Gasteiger partial charge in [0.05, 0.1) is 11.8 Å². The summed E-state index contributed by atoms with van der Waals surface area (Å²) in [4.78, 5) is 18.7. The zero-order valence-corrected chi connectivity index (χ0v) is 16.0. The molecular formula is C20H32N2O3. The molecule has 1 aliphatic rings. The maximum atomic E-state index is 12.4. The molecule has 1 fully saturated rings. The maximum Gasteiger partial charge on any atom is 0.410 e. The minimum atomic E-state index is -0.444. The molecule has 25 heavy (non-hydrogen) atoms. The van der Waals surface area contributed by atoms with Gasteiger partial charge in [0.2, 0.25) is 0 Å². The fourth-order valence-electron chi connectivity index (χ4n) is 3.14. The fraction of sp³-hybridized carbons (Fsp3) is 0.700. The Hall–Kier alpha value is -1.62. The first-order chi connectivity index (χ1) is 11.9. The Labute approximate surface area is 151 Å². The third kappa shape index (κ3) is 6.65. The Morgan fingerprint density at radius 2 is 2.16 bits per heavy atom. The van der Waals surface area contributed by atoms with E-state index in [2.05, 4.69) is 4.98 Å². The first-order valence-corrected chi connectivity index (χ1v) is 9.39. The predicted molar refractivity (Wildman–Crippen MR) is 98.4 cm³/mol. The summed E-state index contributed by atoms with van der Waals surface area (Å²) < 4.78 is 11.5. The van der Waals surface area contributed by atoms with Crippen molar-refractivity contribution >= 4 is 6.09 Å². The van der Waals surface area contributed by atoms with Gasteiger partial charge in [0.15, 0.2) is 0 Å². The number of nitrogens with zero attached hydrogens (tertiary/aromatic N) is 2. The summed E-state index contributed by atoms with van der Waals surface area (Å²) in [6.07, 6.45) is 6.77. The molecule has 0 aromatic carbocycles. The van der Waals surface area contributed by atoms with Gasteiger partial charge in [-0.25, -0.2) is 4.79 Å². The molecule has 0 radical (unpaired) electrons. The molecule has 140 valence electrons. The van der Waals surface area contributed by atoms with Gasteiger partial charge in [-0.15, -0.1) is 0 Å². The van der Waals surface area contributed by atoms with Crippen molar-refractivity contribution in [3.05, 3.63) is 30.1 Å². The molecule has 2 heterocycles. The van der Waals surface area contributed by atoms with Crippen molar-refractivity contribution in [2.24, 2.45) is 0 Å². The van der Waals surface area contributed by atoms with Gasteiger partial charge >= 0.3 is 6.09 Å². The number of pyridine rings is 1. The van der Waals surface area contributed by atoms with Gasteiger partial charge < -0.3 is 14.4 Å². The SMILES string of the molecule is CC(OCCCC1CCCCN1C(=O)OC(C)(C)C)c1ccccn1. The van der Waals surface area contributed by atoms with Crippen LogP contribution in [0.5, 0.6) is 0 Å². The van der Waals surface area contributed by atoms with Gasteiger partial charge in [-0.1, -0.05) is 6.07 Å². The van der Waals surface area contributed by atoms with Crippen LogP contribution in [0.15, 0.2) is 24.4 Å². The highest BCUT2D eigenvalue weighted by atomic mass is 16.6. The monoisotopic (exact) mass is 348 g/mol. The van der Waals surface area contributed by atoms with Gasteiger partial charge in [-0.2, -0.15) is 0 Å². The Morgan fingerprint density at radius 3 is 2.84 bits per heavy atom. The Morgan fingerprint density at radius 1 is 1.36 bits per heavy atom. The van der Waals surface area contributed by atoms with Crippen molar-refractivity contribution in [2.75, 3.05) is 13.2 Å². The molecule has 5 nitrogen and oxygen atoms in total. The first-order valence-electron chi connectivity index (χ1n) is 9.39. The van der Waals surface area contributed by atoms with E-state index in [1.165, 1.54) is 6.42 Å². The number of piperidine rings is 1.